The molecule has 0 bridgehead atoms. The van der Waals surface area contributed by atoms with Crippen molar-refractivity contribution in [2.75, 3.05) is 13.2 Å². The van der Waals surface area contributed by atoms with Gasteiger partial charge in [0.15, 0.2) is 0 Å². The van der Waals surface area contributed by atoms with Gasteiger partial charge in [0, 0.05) is 5.56 Å². The van der Waals surface area contributed by atoms with Gasteiger partial charge in [-0.15, -0.1) is 0 Å². The predicted octanol–water partition coefficient (Wildman–Crippen LogP) is 3.85. The van der Waals surface area contributed by atoms with Crippen molar-refractivity contribution in [1.29, 1.82) is 0 Å². The number of benzene rings is 1. The Bertz CT molecular complexity index is 714. The summed E-state index contributed by atoms with van der Waals surface area (Å²) in [6, 6.07) is 7.29. The third-order valence-corrected chi connectivity index (χ3v) is 4.40. The molecule has 7 heteroatoms. The van der Waals surface area contributed by atoms with E-state index in [-0.39, 0.29) is 17.6 Å². The number of imide groups is 1. The van der Waals surface area contributed by atoms with Gasteiger partial charge in [-0.1, -0.05) is 31.5 Å². The van der Waals surface area contributed by atoms with Crippen LogP contribution in [0, 0.1) is 0 Å². The van der Waals surface area contributed by atoms with Crippen molar-refractivity contribution in [3.63, 3.8) is 0 Å². The third kappa shape index (κ3) is 5.36. The minimum Gasteiger partial charge on any atom is -0.490 e. The third-order valence-electron chi connectivity index (χ3n) is 3.49. The number of esters is 1. The average Bonchev–Trinajstić information content (AvgIpc) is 2.84. The Balaban J connectivity index is 2.11. The Morgan fingerprint density at radius 3 is 2.69 bits per heavy atom. The highest BCUT2D eigenvalue weighted by Crippen LogP contribution is 2.34. The summed E-state index contributed by atoms with van der Waals surface area (Å²) >= 11 is 0.810. The van der Waals surface area contributed by atoms with Crippen molar-refractivity contribution in [2.24, 2.45) is 0 Å². The summed E-state index contributed by atoms with van der Waals surface area (Å²) in [4.78, 5) is 37.6. The lowest BCUT2D eigenvalue weighted by Gasteiger charge is -2.13. The fraction of sp³-hybridized carbons (Fsp3) is 0.421. The number of hydrogen-bond acceptors (Lipinski definition) is 6. The minimum absolute atomic E-state index is 0.0162. The van der Waals surface area contributed by atoms with Gasteiger partial charge < -0.3 is 9.47 Å². The SMILES string of the molecule is CCCCOC(=O)CN1C(=O)S/C(=C\c2ccccc2OC(C)C)C1=O. The van der Waals surface area contributed by atoms with Gasteiger partial charge in [-0.2, -0.15) is 0 Å². The van der Waals surface area contributed by atoms with E-state index in [1.165, 1.54) is 0 Å². The number of carbonyl (C=O) groups is 3. The normalized spacial score (nSPS) is 15.8. The zero-order valence-electron chi connectivity index (χ0n) is 15.2. The molecule has 6 nitrogen and oxygen atoms in total. The lowest BCUT2D eigenvalue weighted by atomic mass is 10.2. The summed E-state index contributed by atoms with van der Waals surface area (Å²) in [5, 5.41) is -0.476. The van der Waals surface area contributed by atoms with Gasteiger partial charge >= 0.3 is 5.97 Å². The van der Waals surface area contributed by atoms with Crippen LogP contribution in [-0.2, 0) is 14.3 Å². The number of hydrogen-bond donors (Lipinski definition) is 0. The van der Waals surface area contributed by atoms with E-state index in [1.54, 1.807) is 12.1 Å². The van der Waals surface area contributed by atoms with Crippen LogP contribution >= 0.6 is 11.8 Å². The maximum atomic E-state index is 12.5. The van der Waals surface area contributed by atoms with Crippen LogP contribution in [0.2, 0.25) is 0 Å². The second-order valence-corrected chi connectivity index (χ2v) is 7.04. The summed E-state index contributed by atoms with van der Waals surface area (Å²) in [6.45, 7) is 5.73. The Morgan fingerprint density at radius 1 is 1.27 bits per heavy atom. The van der Waals surface area contributed by atoms with Crippen molar-refractivity contribution in [2.45, 2.75) is 39.7 Å². The van der Waals surface area contributed by atoms with Gasteiger partial charge in [0.05, 0.1) is 17.6 Å². The molecule has 1 fully saturated rings. The van der Waals surface area contributed by atoms with E-state index in [2.05, 4.69) is 0 Å². The molecule has 0 unspecified atom stereocenters. The molecule has 26 heavy (non-hydrogen) atoms. The van der Waals surface area contributed by atoms with Crippen LogP contribution in [0.15, 0.2) is 29.2 Å². The molecule has 1 aliphatic rings. The molecule has 1 aromatic rings. The standard InChI is InChI=1S/C19H23NO5S/c1-4-5-10-24-17(21)12-20-18(22)16(26-19(20)23)11-14-8-6-7-9-15(14)25-13(2)3/h6-9,11,13H,4-5,10,12H2,1-3H3/b16-11-. The van der Waals surface area contributed by atoms with Gasteiger partial charge in [0.1, 0.15) is 12.3 Å². The molecule has 0 saturated carbocycles. The van der Waals surface area contributed by atoms with Crippen molar-refractivity contribution in [1.82, 2.24) is 4.90 Å². The number of rotatable bonds is 8. The van der Waals surface area contributed by atoms with Crippen LogP contribution in [0.4, 0.5) is 4.79 Å². The molecule has 0 atom stereocenters. The molecule has 1 heterocycles. The Labute approximate surface area is 157 Å². The molecule has 2 amide bonds. The first-order valence-corrected chi connectivity index (χ1v) is 9.40. The van der Waals surface area contributed by atoms with E-state index in [9.17, 15) is 14.4 Å². The smallest absolute Gasteiger partial charge is 0.326 e. The Hall–Kier alpha value is -2.28. The van der Waals surface area contributed by atoms with Crippen molar-refractivity contribution >= 4 is 35.0 Å². The molecule has 2 rings (SSSR count). The molecule has 140 valence electrons. The molecular weight excluding hydrogens is 354 g/mol. The van der Waals surface area contributed by atoms with E-state index in [0.29, 0.717) is 17.9 Å². The predicted molar refractivity (Wildman–Crippen MR) is 101 cm³/mol. The monoisotopic (exact) mass is 377 g/mol. The molecule has 1 aromatic carbocycles. The maximum absolute atomic E-state index is 12.5. The van der Waals surface area contributed by atoms with E-state index >= 15 is 0 Å². The number of unbranched alkanes of at least 4 members (excludes halogenated alkanes) is 1. The van der Waals surface area contributed by atoms with E-state index in [4.69, 9.17) is 9.47 Å². The van der Waals surface area contributed by atoms with E-state index in [1.807, 2.05) is 39.0 Å². The highest BCUT2D eigenvalue weighted by Gasteiger charge is 2.36. The number of carbonyl (C=O) groups excluding carboxylic acids is 3. The maximum Gasteiger partial charge on any atom is 0.326 e. The lowest BCUT2D eigenvalue weighted by molar-refractivity contribution is -0.146. The first-order chi connectivity index (χ1) is 12.4. The van der Waals surface area contributed by atoms with Crippen LogP contribution in [0.25, 0.3) is 6.08 Å². The Kier molecular flexibility index (Phi) is 7.26. The van der Waals surface area contributed by atoms with E-state index in [0.717, 1.165) is 29.5 Å². The van der Waals surface area contributed by atoms with E-state index < -0.39 is 17.1 Å². The summed E-state index contributed by atoms with van der Waals surface area (Å²) in [6.07, 6.45) is 3.25. The second-order valence-electron chi connectivity index (χ2n) is 6.05. The quantitative estimate of drug-likeness (QED) is 0.389. The zero-order chi connectivity index (χ0) is 19.1. The first kappa shape index (κ1) is 20.0. The molecule has 1 aliphatic heterocycles. The van der Waals surface area contributed by atoms with Crippen molar-refractivity contribution in [3.05, 3.63) is 34.7 Å². The molecule has 1 saturated heterocycles. The summed E-state index contributed by atoms with van der Waals surface area (Å²) < 4.78 is 10.7. The van der Waals surface area contributed by atoms with Crippen LogP contribution in [0.1, 0.15) is 39.2 Å². The summed E-state index contributed by atoms with van der Waals surface area (Å²) in [7, 11) is 0. The molecule has 0 spiro atoms. The number of para-hydroxylation sites is 1. The Morgan fingerprint density at radius 2 is 2.00 bits per heavy atom. The topological polar surface area (TPSA) is 72.9 Å². The zero-order valence-corrected chi connectivity index (χ0v) is 16.0. The van der Waals surface area contributed by atoms with Gasteiger partial charge in [0.25, 0.3) is 11.1 Å². The minimum atomic E-state index is -0.578. The summed E-state index contributed by atoms with van der Waals surface area (Å²) in [5.41, 5.74) is 0.706. The first-order valence-electron chi connectivity index (χ1n) is 8.59. The largest absolute Gasteiger partial charge is 0.490 e. The number of nitrogens with zero attached hydrogens (tertiary/aromatic N) is 1. The molecule has 0 aliphatic carbocycles. The van der Waals surface area contributed by atoms with Crippen LogP contribution in [-0.4, -0.2) is 41.3 Å². The summed E-state index contributed by atoms with van der Waals surface area (Å²) in [5.74, 6) is -0.439. The number of thioether (sulfide) groups is 1. The van der Waals surface area contributed by atoms with Crippen LogP contribution in [0.3, 0.4) is 0 Å². The fourth-order valence-electron chi connectivity index (χ4n) is 2.24. The highest BCUT2D eigenvalue weighted by molar-refractivity contribution is 8.18. The van der Waals surface area contributed by atoms with Crippen LogP contribution in [0.5, 0.6) is 5.75 Å². The van der Waals surface area contributed by atoms with Crippen molar-refractivity contribution < 1.29 is 23.9 Å². The number of amides is 2. The molecule has 0 radical (unpaired) electrons. The molecule has 0 aromatic heterocycles. The highest BCUT2D eigenvalue weighted by atomic mass is 32.2. The molecular formula is C19H23NO5S. The van der Waals surface area contributed by atoms with Crippen LogP contribution < -0.4 is 4.74 Å². The van der Waals surface area contributed by atoms with Gasteiger partial charge in [0.2, 0.25) is 0 Å². The average molecular weight is 377 g/mol. The molecule has 0 N–H and O–H groups in total. The second kappa shape index (κ2) is 9.43. The van der Waals surface area contributed by atoms with Gasteiger partial charge in [-0.05, 0) is 44.2 Å². The van der Waals surface area contributed by atoms with Gasteiger partial charge in [-0.3, -0.25) is 19.3 Å². The number of ether oxygens (including phenoxy) is 2. The van der Waals surface area contributed by atoms with Gasteiger partial charge in [-0.25, -0.2) is 0 Å². The lowest BCUT2D eigenvalue weighted by Crippen LogP contribution is -2.34. The van der Waals surface area contributed by atoms with Crippen molar-refractivity contribution in [3.8, 4) is 5.75 Å². The fourth-order valence-corrected chi connectivity index (χ4v) is 3.07.